The zero-order valence-corrected chi connectivity index (χ0v) is 20.5. The van der Waals surface area contributed by atoms with Gasteiger partial charge in [-0.3, -0.25) is 9.47 Å². The SMILES string of the molecule is OC1(C(F)(F)F)CC(N2Cc3cc(Cl)ccc3-n3c(nnc3N3CC4(CN(c5ncccn5)C4)C3)C2)C1. The quantitative estimate of drug-likeness (QED) is 0.551. The average Bonchev–Trinajstić information content (AvgIpc) is 3.10. The molecule has 5 heterocycles. The largest absolute Gasteiger partial charge is 0.417 e. The number of halogens is 4. The van der Waals surface area contributed by atoms with E-state index in [-0.39, 0.29) is 18.3 Å². The van der Waals surface area contributed by atoms with E-state index >= 15 is 0 Å². The summed E-state index contributed by atoms with van der Waals surface area (Å²) in [5.41, 5.74) is -0.714. The molecule has 0 unspecified atom stereocenters. The third-order valence-electron chi connectivity index (χ3n) is 8.13. The molecule has 1 spiro atoms. The van der Waals surface area contributed by atoms with Crippen LogP contribution >= 0.6 is 11.6 Å². The number of aromatic nitrogens is 5. The summed E-state index contributed by atoms with van der Waals surface area (Å²) in [7, 11) is 0. The first-order valence-corrected chi connectivity index (χ1v) is 12.5. The van der Waals surface area contributed by atoms with Crippen LogP contribution in [0.1, 0.15) is 24.2 Å². The van der Waals surface area contributed by atoms with Gasteiger partial charge >= 0.3 is 6.18 Å². The molecule has 1 aromatic carbocycles. The number of benzene rings is 1. The molecule has 0 bridgehead atoms. The lowest BCUT2D eigenvalue weighted by Crippen LogP contribution is -2.73. The van der Waals surface area contributed by atoms with E-state index in [0.29, 0.717) is 23.9 Å². The van der Waals surface area contributed by atoms with Gasteiger partial charge in [-0.1, -0.05) is 11.6 Å². The Morgan fingerprint density at radius 3 is 2.38 bits per heavy atom. The van der Waals surface area contributed by atoms with Crippen molar-refractivity contribution in [2.45, 2.75) is 43.8 Å². The summed E-state index contributed by atoms with van der Waals surface area (Å²) in [6.45, 7) is 4.13. The Bertz CT molecular complexity index is 1350. The van der Waals surface area contributed by atoms with Crippen molar-refractivity contribution in [1.29, 1.82) is 0 Å². The number of alkyl halides is 3. The molecular weight excluding hydrogens is 509 g/mol. The summed E-state index contributed by atoms with van der Waals surface area (Å²) in [5.74, 6) is 2.12. The van der Waals surface area contributed by atoms with E-state index in [1.165, 1.54) is 0 Å². The smallest absolute Gasteiger partial charge is 0.380 e. The topological polar surface area (TPSA) is 86.4 Å². The van der Waals surface area contributed by atoms with Gasteiger partial charge in [0.05, 0.1) is 12.2 Å². The van der Waals surface area contributed by atoms with E-state index in [2.05, 4.69) is 30.0 Å². The van der Waals surface area contributed by atoms with Crippen LogP contribution < -0.4 is 9.80 Å². The van der Waals surface area contributed by atoms with Crippen LogP contribution in [0.3, 0.4) is 0 Å². The highest BCUT2D eigenvalue weighted by Crippen LogP contribution is 2.49. The fourth-order valence-electron chi connectivity index (χ4n) is 6.15. The zero-order valence-electron chi connectivity index (χ0n) is 19.7. The van der Waals surface area contributed by atoms with Crippen molar-refractivity contribution in [1.82, 2.24) is 29.6 Å². The van der Waals surface area contributed by atoms with Gasteiger partial charge in [-0.15, -0.1) is 10.2 Å². The van der Waals surface area contributed by atoms with Crippen LogP contribution in [-0.2, 0) is 13.1 Å². The molecule has 0 radical (unpaired) electrons. The maximum absolute atomic E-state index is 13.3. The second kappa shape index (κ2) is 7.78. The highest BCUT2D eigenvalue weighted by molar-refractivity contribution is 6.30. The summed E-state index contributed by atoms with van der Waals surface area (Å²) in [4.78, 5) is 15.0. The molecule has 9 nitrogen and oxygen atoms in total. The van der Waals surface area contributed by atoms with Crippen LogP contribution in [0.2, 0.25) is 5.02 Å². The maximum atomic E-state index is 13.3. The minimum Gasteiger partial charge on any atom is -0.380 e. The van der Waals surface area contributed by atoms with Gasteiger partial charge in [0.2, 0.25) is 11.9 Å². The van der Waals surface area contributed by atoms with Crippen molar-refractivity contribution in [3.8, 4) is 5.69 Å². The van der Waals surface area contributed by atoms with Gasteiger partial charge in [-0.2, -0.15) is 13.2 Å². The molecular formula is C24H24ClF3N8O. The molecule has 7 rings (SSSR count). The van der Waals surface area contributed by atoms with Crippen LogP contribution in [0.4, 0.5) is 25.1 Å². The van der Waals surface area contributed by atoms with E-state index in [1.807, 2.05) is 21.6 Å². The molecule has 2 saturated heterocycles. The van der Waals surface area contributed by atoms with E-state index in [0.717, 1.165) is 49.3 Å². The Morgan fingerprint density at radius 1 is 0.973 bits per heavy atom. The molecule has 2 aromatic heterocycles. The third kappa shape index (κ3) is 3.60. The van der Waals surface area contributed by atoms with Gasteiger partial charge in [-0.05, 0) is 29.8 Å². The first-order chi connectivity index (χ1) is 17.6. The molecule has 1 aliphatic carbocycles. The number of hydrogen-bond acceptors (Lipinski definition) is 8. The molecule has 194 valence electrons. The Hall–Kier alpha value is -2.96. The van der Waals surface area contributed by atoms with E-state index < -0.39 is 17.8 Å². The van der Waals surface area contributed by atoms with Crippen LogP contribution in [0.25, 0.3) is 5.69 Å². The maximum Gasteiger partial charge on any atom is 0.417 e. The van der Waals surface area contributed by atoms with Crippen molar-refractivity contribution in [3.63, 3.8) is 0 Å². The van der Waals surface area contributed by atoms with Crippen LogP contribution in [0, 0.1) is 5.41 Å². The minimum atomic E-state index is -4.64. The fourth-order valence-corrected chi connectivity index (χ4v) is 6.34. The third-order valence-corrected chi connectivity index (χ3v) is 8.36. The molecule has 13 heteroatoms. The number of aliphatic hydroxyl groups is 1. The summed E-state index contributed by atoms with van der Waals surface area (Å²) in [6, 6.07) is 6.94. The van der Waals surface area contributed by atoms with E-state index in [9.17, 15) is 18.3 Å². The van der Waals surface area contributed by atoms with Crippen LogP contribution in [0.5, 0.6) is 0 Å². The van der Waals surface area contributed by atoms with Gasteiger partial charge in [0, 0.05) is 74.4 Å². The van der Waals surface area contributed by atoms with Gasteiger partial charge in [0.15, 0.2) is 11.4 Å². The van der Waals surface area contributed by atoms with Crippen molar-refractivity contribution in [2.24, 2.45) is 5.41 Å². The fraction of sp³-hybridized carbons (Fsp3) is 0.500. The Labute approximate surface area is 215 Å². The molecule has 37 heavy (non-hydrogen) atoms. The predicted octanol–water partition coefficient (Wildman–Crippen LogP) is 2.81. The van der Waals surface area contributed by atoms with E-state index in [4.69, 9.17) is 11.6 Å². The number of nitrogens with zero attached hydrogens (tertiary/aromatic N) is 8. The molecule has 0 atom stereocenters. The Balaban J connectivity index is 1.13. The summed E-state index contributed by atoms with van der Waals surface area (Å²) >= 11 is 6.31. The van der Waals surface area contributed by atoms with Crippen LogP contribution in [-0.4, -0.2) is 78.7 Å². The van der Waals surface area contributed by atoms with Crippen molar-refractivity contribution >= 4 is 23.5 Å². The molecule has 3 aromatic rings. The van der Waals surface area contributed by atoms with Crippen molar-refractivity contribution in [2.75, 3.05) is 36.0 Å². The molecule has 1 N–H and O–H groups in total. The lowest BCUT2D eigenvalue weighted by atomic mass is 9.73. The zero-order chi connectivity index (χ0) is 25.6. The minimum absolute atomic E-state index is 0.152. The molecule has 3 aliphatic heterocycles. The monoisotopic (exact) mass is 532 g/mol. The molecule has 4 aliphatic rings. The summed E-state index contributed by atoms with van der Waals surface area (Å²) < 4.78 is 41.8. The highest BCUT2D eigenvalue weighted by atomic mass is 35.5. The van der Waals surface area contributed by atoms with Crippen LogP contribution in [0.15, 0.2) is 36.7 Å². The summed E-state index contributed by atoms with van der Waals surface area (Å²) in [5, 5.41) is 19.5. The van der Waals surface area contributed by atoms with E-state index in [1.54, 1.807) is 24.5 Å². The molecule has 1 saturated carbocycles. The lowest BCUT2D eigenvalue weighted by molar-refractivity contribution is -0.300. The number of hydrogen-bond donors (Lipinski definition) is 1. The lowest BCUT2D eigenvalue weighted by Gasteiger charge is -2.60. The Kier molecular flexibility index (Phi) is 4.87. The first-order valence-electron chi connectivity index (χ1n) is 12.2. The number of fused-ring (bicyclic) bond motifs is 3. The average molecular weight is 533 g/mol. The second-order valence-electron chi connectivity index (χ2n) is 10.8. The number of anilines is 2. The van der Waals surface area contributed by atoms with Gasteiger partial charge in [-0.25, -0.2) is 9.97 Å². The normalized spacial score (nSPS) is 26.6. The van der Waals surface area contributed by atoms with Gasteiger partial charge < -0.3 is 14.9 Å². The second-order valence-corrected chi connectivity index (χ2v) is 11.2. The predicted molar refractivity (Wildman–Crippen MR) is 129 cm³/mol. The van der Waals surface area contributed by atoms with Gasteiger partial charge in [0.1, 0.15) is 0 Å². The molecule has 3 fully saturated rings. The molecule has 0 amide bonds. The van der Waals surface area contributed by atoms with Crippen molar-refractivity contribution < 1.29 is 18.3 Å². The summed E-state index contributed by atoms with van der Waals surface area (Å²) in [6.07, 6.45) is -1.87. The first kappa shape index (κ1) is 23.2. The van der Waals surface area contributed by atoms with Gasteiger partial charge in [0.25, 0.3) is 0 Å². The Morgan fingerprint density at radius 2 is 1.68 bits per heavy atom. The van der Waals surface area contributed by atoms with Crippen molar-refractivity contribution in [3.05, 3.63) is 53.1 Å². The standard InChI is InChI=1S/C24H24ClF3N8O/c25-16-2-3-18-15(6-16)9-33(17-7-23(37,8-17)24(26,27)28)10-19-31-32-21(36(18)19)35-13-22(14-35)11-34(12-22)20-29-4-1-5-30-20/h1-6,17,37H,7-14H2. The number of rotatable bonds is 3. The highest BCUT2D eigenvalue weighted by Gasteiger charge is 2.62.